The van der Waals surface area contributed by atoms with Gasteiger partial charge in [0.2, 0.25) is 0 Å². The topological polar surface area (TPSA) is 119 Å². The Bertz CT molecular complexity index is 1730. The fraction of sp³-hybridized carbons (Fsp3) is 0.361. The van der Waals surface area contributed by atoms with Crippen LogP contribution in [0.1, 0.15) is 87.5 Å². The highest BCUT2D eigenvalue weighted by atomic mass is 16.4. The van der Waals surface area contributed by atoms with E-state index >= 15 is 0 Å². The van der Waals surface area contributed by atoms with Gasteiger partial charge in [-0.2, -0.15) is 0 Å². The molecule has 2 atom stereocenters. The number of aromatic nitrogens is 2. The largest absolute Gasteiger partial charge is 0.481 e. The van der Waals surface area contributed by atoms with Gasteiger partial charge in [0.25, 0.3) is 0 Å². The maximum absolute atomic E-state index is 12.5. The number of fused-ring (bicyclic) bond motifs is 5. The van der Waals surface area contributed by atoms with Crippen LogP contribution in [0.15, 0.2) is 39.6 Å². The first-order valence-electron chi connectivity index (χ1n) is 14.6. The van der Waals surface area contributed by atoms with Gasteiger partial charge in [0.15, 0.2) is 0 Å². The van der Waals surface area contributed by atoms with Crippen LogP contribution in [0.3, 0.4) is 0 Å². The van der Waals surface area contributed by atoms with Gasteiger partial charge in [-0.3, -0.25) is 4.79 Å². The number of aliphatic carboxylic acids is 2. The molecule has 0 amide bonds. The fourth-order valence-corrected chi connectivity index (χ4v) is 6.30. The van der Waals surface area contributed by atoms with Gasteiger partial charge in [0.1, 0.15) is 0 Å². The van der Waals surface area contributed by atoms with E-state index in [1.54, 1.807) is 6.92 Å². The number of hydrogen-bond acceptors (Lipinski definition) is 3. The standard InChI is InChI=1S/C34H41N3O4.C2H2/c1-9-23-20(6)26-13-11-17(3)25(12-14-31(38)39)18(4)19(5)33-32(34(40)41)22(8)28(37-33)16-30-24(10-2)21(7)27(36-30)15-29(23)35-26;1-2/h9,13,15-17,25,35-36H,1,10-12,14H2,2-8H3,(H,38,39)(H,40,41);1-2H/b19-18+,26-13-,28-16-,29-15-;/t17-,25+;/m1./s1. The van der Waals surface area contributed by atoms with Crippen molar-refractivity contribution in [2.75, 3.05) is 0 Å². The molecule has 2 aliphatic rings. The number of hydrogen-bond donors (Lipinski definition) is 4. The minimum Gasteiger partial charge on any atom is -0.481 e. The molecule has 0 saturated heterocycles. The van der Waals surface area contributed by atoms with Crippen molar-refractivity contribution in [1.82, 2.24) is 9.97 Å². The van der Waals surface area contributed by atoms with Crippen molar-refractivity contribution in [2.45, 2.75) is 74.1 Å². The Morgan fingerprint density at radius 1 is 1.02 bits per heavy atom. The highest BCUT2D eigenvalue weighted by molar-refractivity contribution is 6.29. The second-order valence-electron chi connectivity index (χ2n) is 11.3. The van der Waals surface area contributed by atoms with Crippen LogP contribution < -0.4 is 10.7 Å². The van der Waals surface area contributed by atoms with Crippen molar-refractivity contribution in [3.05, 3.63) is 78.9 Å². The van der Waals surface area contributed by atoms with E-state index < -0.39 is 11.9 Å². The molecule has 0 aliphatic carbocycles. The number of carboxylic acids is 2. The Labute approximate surface area is 254 Å². The third-order valence-corrected chi connectivity index (χ3v) is 8.94. The van der Waals surface area contributed by atoms with E-state index in [2.05, 4.69) is 69.2 Å². The second-order valence-corrected chi connectivity index (χ2v) is 11.3. The lowest BCUT2D eigenvalue weighted by molar-refractivity contribution is -0.137. The Hall–Kier alpha value is -4.57. The molecule has 6 bridgehead atoms. The molecule has 0 fully saturated rings. The molecular weight excluding hydrogens is 538 g/mol. The molecule has 7 nitrogen and oxygen atoms in total. The van der Waals surface area contributed by atoms with Crippen LogP contribution in [0.4, 0.5) is 0 Å². The van der Waals surface area contributed by atoms with Crippen LogP contribution in [0.25, 0.3) is 24.3 Å². The fourth-order valence-electron chi connectivity index (χ4n) is 6.30. The predicted molar refractivity (Wildman–Crippen MR) is 176 cm³/mol. The van der Waals surface area contributed by atoms with Crippen LogP contribution in [0, 0.1) is 38.5 Å². The van der Waals surface area contributed by atoms with Crippen LogP contribution in [0.5, 0.6) is 0 Å². The van der Waals surface area contributed by atoms with Gasteiger partial charge in [-0.1, -0.05) is 38.2 Å². The van der Waals surface area contributed by atoms with Gasteiger partial charge < -0.3 is 20.2 Å². The number of aromatic amines is 2. The summed E-state index contributed by atoms with van der Waals surface area (Å²) in [6.07, 6.45) is 18.1. The smallest absolute Gasteiger partial charge is 0.338 e. The summed E-state index contributed by atoms with van der Waals surface area (Å²) < 4.78 is 0. The average Bonchev–Trinajstić information content (AvgIpc) is 3.57. The van der Waals surface area contributed by atoms with Crippen LogP contribution >= 0.6 is 0 Å². The summed E-state index contributed by atoms with van der Waals surface area (Å²) in [7, 11) is 0. The predicted octanol–water partition coefficient (Wildman–Crippen LogP) is 6.08. The molecule has 226 valence electrons. The van der Waals surface area contributed by atoms with Gasteiger partial charge in [0.05, 0.1) is 17.0 Å². The molecule has 43 heavy (non-hydrogen) atoms. The van der Waals surface area contributed by atoms with Crippen molar-refractivity contribution in [1.29, 1.82) is 0 Å². The molecule has 4 heterocycles. The summed E-state index contributed by atoms with van der Waals surface area (Å²) in [5.74, 6) is -1.82. The molecule has 2 aromatic heterocycles. The van der Waals surface area contributed by atoms with E-state index in [0.29, 0.717) is 23.4 Å². The Morgan fingerprint density at radius 2 is 1.70 bits per heavy atom. The highest BCUT2D eigenvalue weighted by Gasteiger charge is 2.31. The van der Waals surface area contributed by atoms with E-state index in [9.17, 15) is 19.8 Å². The summed E-state index contributed by atoms with van der Waals surface area (Å²) >= 11 is 0. The van der Waals surface area contributed by atoms with Crippen molar-refractivity contribution in [3.63, 3.8) is 0 Å². The van der Waals surface area contributed by atoms with Crippen molar-refractivity contribution >= 4 is 42.0 Å². The minimum atomic E-state index is -1.02. The molecule has 2 aliphatic heterocycles. The summed E-state index contributed by atoms with van der Waals surface area (Å²) in [4.78, 5) is 36.1. The molecule has 2 aromatic rings. The minimum absolute atomic E-state index is 0.0350. The Kier molecular flexibility index (Phi) is 10.4. The number of nitrogens with one attached hydrogen (secondary N) is 2. The Morgan fingerprint density at radius 3 is 2.28 bits per heavy atom. The zero-order valence-corrected chi connectivity index (χ0v) is 26.3. The molecule has 0 aromatic carbocycles. The summed E-state index contributed by atoms with van der Waals surface area (Å²) in [5, 5.41) is 21.7. The van der Waals surface area contributed by atoms with Crippen molar-refractivity contribution in [3.8, 4) is 12.8 Å². The maximum atomic E-state index is 12.5. The molecule has 0 unspecified atom stereocenters. The Balaban J connectivity index is 0.00000248. The van der Waals surface area contributed by atoms with Crippen molar-refractivity contribution < 1.29 is 19.8 Å². The summed E-state index contributed by atoms with van der Waals surface area (Å²) in [6.45, 7) is 18.2. The summed E-state index contributed by atoms with van der Waals surface area (Å²) in [5.41, 5.74) is 9.97. The third-order valence-electron chi connectivity index (χ3n) is 8.94. The molecule has 7 heteroatoms. The number of terminal acetylenes is 1. The van der Waals surface area contributed by atoms with E-state index in [4.69, 9.17) is 4.99 Å². The first kappa shape index (κ1) is 32.9. The zero-order chi connectivity index (χ0) is 32.2. The zero-order valence-electron chi connectivity index (χ0n) is 26.3. The number of H-pyrrole nitrogens is 2. The molecule has 0 radical (unpaired) electrons. The van der Waals surface area contributed by atoms with Crippen LogP contribution in [-0.2, 0) is 16.0 Å². The molecule has 0 saturated carbocycles. The summed E-state index contributed by atoms with van der Waals surface area (Å²) in [6, 6.07) is 0. The van der Waals surface area contributed by atoms with E-state index in [1.165, 1.54) is 0 Å². The van der Waals surface area contributed by atoms with Crippen LogP contribution in [-0.4, -0.2) is 37.8 Å². The normalized spacial score (nSPS) is 22.9. The average molecular weight is 582 g/mol. The number of carbonyl (C=O) groups is 2. The number of carboxylic acid groups (broad SMARTS) is 2. The SMILES string of the molecule is C#C.C=Cc1c(C)/c2[nH]/c1=C\c1[nH]c(c(CC)c1C)/C=C1N=C(C(C(=O)O)=C\1C)/C(C)=C(\C)[C@@H](CCC(=O)O)[C@H](C)C\C=2. The third kappa shape index (κ3) is 6.44. The molecule has 4 N–H and O–H groups in total. The van der Waals surface area contributed by atoms with E-state index in [-0.39, 0.29) is 23.8 Å². The second kappa shape index (κ2) is 13.6. The number of rotatable bonds is 6. The van der Waals surface area contributed by atoms with Crippen molar-refractivity contribution in [2.24, 2.45) is 16.8 Å². The van der Waals surface area contributed by atoms with Gasteiger partial charge in [0, 0.05) is 34.1 Å². The van der Waals surface area contributed by atoms with E-state index in [1.807, 2.05) is 26.0 Å². The first-order chi connectivity index (χ1) is 20.4. The maximum Gasteiger partial charge on any atom is 0.338 e. The monoisotopic (exact) mass is 581 g/mol. The van der Waals surface area contributed by atoms with Gasteiger partial charge in [-0.15, -0.1) is 12.8 Å². The number of nitrogens with zero attached hydrogens (tertiary/aromatic N) is 1. The number of aliphatic imine (C=N–C) groups is 1. The lowest BCUT2D eigenvalue weighted by atomic mass is 9.79. The van der Waals surface area contributed by atoms with Gasteiger partial charge in [-0.05, 0) is 106 Å². The molecule has 0 spiro atoms. The highest BCUT2D eigenvalue weighted by Crippen LogP contribution is 2.36. The number of allylic oxidation sites excluding steroid dienone is 3. The van der Waals surface area contributed by atoms with E-state index in [0.717, 1.165) is 68.3 Å². The van der Waals surface area contributed by atoms with Gasteiger partial charge >= 0.3 is 11.9 Å². The first-order valence-corrected chi connectivity index (χ1v) is 14.6. The lowest BCUT2D eigenvalue weighted by Gasteiger charge is -2.26. The quantitative estimate of drug-likeness (QED) is 0.309. The molecule has 4 rings (SSSR count). The van der Waals surface area contributed by atoms with Crippen LogP contribution in [0.2, 0.25) is 0 Å². The van der Waals surface area contributed by atoms with Gasteiger partial charge in [-0.25, -0.2) is 9.79 Å². The lowest BCUT2D eigenvalue weighted by Crippen LogP contribution is -2.20. The molecular formula is C36H43N3O4.